The number of ether oxygens (including phenoxy) is 1. The number of benzene rings is 2. The van der Waals surface area contributed by atoms with Crippen molar-refractivity contribution in [3.05, 3.63) is 59.1 Å². The number of aliphatic hydroxyl groups excluding tert-OH is 1. The van der Waals surface area contributed by atoms with Crippen molar-refractivity contribution in [2.24, 2.45) is 0 Å². The van der Waals surface area contributed by atoms with Crippen LogP contribution in [0.4, 0.5) is 5.69 Å². The van der Waals surface area contributed by atoms with Crippen LogP contribution in [0.2, 0.25) is 5.02 Å². The fourth-order valence-electron chi connectivity index (χ4n) is 3.52. The first-order chi connectivity index (χ1) is 13.7. The molecule has 2 aromatic rings. The number of rotatable bonds is 8. The van der Waals surface area contributed by atoms with Gasteiger partial charge >= 0.3 is 0 Å². The van der Waals surface area contributed by atoms with Gasteiger partial charge in [0.2, 0.25) is 10.0 Å². The molecule has 1 heterocycles. The summed E-state index contributed by atoms with van der Waals surface area (Å²) in [7, 11) is -1.79. The zero-order chi connectivity index (χ0) is 21.0. The highest BCUT2D eigenvalue weighted by molar-refractivity contribution is 7.92. The smallest absolute Gasteiger partial charge is 0.231 e. The summed E-state index contributed by atoms with van der Waals surface area (Å²) in [6.07, 6.45) is 1.60. The minimum Gasteiger partial charge on any atom is -0.491 e. The molecule has 0 bridgehead atoms. The van der Waals surface area contributed by atoms with Gasteiger partial charge in [-0.15, -0.1) is 0 Å². The van der Waals surface area contributed by atoms with Gasteiger partial charge in [0.25, 0.3) is 0 Å². The van der Waals surface area contributed by atoms with E-state index in [0.29, 0.717) is 23.9 Å². The molecule has 1 aliphatic rings. The van der Waals surface area contributed by atoms with E-state index in [4.69, 9.17) is 16.3 Å². The summed E-state index contributed by atoms with van der Waals surface area (Å²) in [5.74, 6) is 1.02. The van der Waals surface area contributed by atoms with Gasteiger partial charge in [0.05, 0.1) is 11.9 Å². The van der Waals surface area contributed by atoms with E-state index in [1.54, 1.807) is 24.3 Å². The van der Waals surface area contributed by atoms with Gasteiger partial charge in [0, 0.05) is 25.2 Å². The van der Waals surface area contributed by atoms with E-state index in [-0.39, 0.29) is 6.61 Å². The number of nitrogens with zero attached hydrogens (tertiary/aromatic N) is 2. The largest absolute Gasteiger partial charge is 0.491 e. The van der Waals surface area contributed by atoms with Gasteiger partial charge in [-0.3, -0.25) is 4.31 Å². The van der Waals surface area contributed by atoms with Gasteiger partial charge < -0.3 is 14.7 Å². The van der Waals surface area contributed by atoms with Crippen LogP contribution in [0.3, 0.4) is 0 Å². The second kappa shape index (κ2) is 9.34. The summed E-state index contributed by atoms with van der Waals surface area (Å²) in [6, 6.07) is 14.7. The van der Waals surface area contributed by atoms with Crippen molar-refractivity contribution in [1.82, 2.24) is 4.90 Å². The molecule has 2 aromatic carbocycles. The average Bonchev–Trinajstić information content (AvgIpc) is 3.14. The Kier molecular flexibility index (Phi) is 7.05. The van der Waals surface area contributed by atoms with Crippen LogP contribution in [0.25, 0.3) is 0 Å². The van der Waals surface area contributed by atoms with E-state index >= 15 is 0 Å². The second-order valence-electron chi connectivity index (χ2n) is 7.49. The van der Waals surface area contributed by atoms with Crippen molar-refractivity contribution < 1.29 is 18.3 Å². The molecule has 1 fully saturated rings. The maximum atomic E-state index is 11.6. The number of aliphatic hydroxyl groups is 1. The predicted octanol–water partition coefficient (Wildman–Crippen LogP) is 2.97. The third-order valence-electron chi connectivity index (χ3n) is 5.20. The molecule has 158 valence electrons. The van der Waals surface area contributed by atoms with Crippen LogP contribution in [0.5, 0.6) is 5.75 Å². The lowest BCUT2D eigenvalue weighted by Gasteiger charge is -2.21. The molecule has 1 aliphatic heterocycles. The lowest BCUT2D eigenvalue weighted by molar-refractivity contribution is 0.0754. The molecule has 0 spiro atoms. The molecule has 0 unspecified atom stereocenters. The van der Waals surface area contributed by atoms with Crippen LogP contribution in [0, 0.1) is 0 Å². The molecule has 1 N–H and O–H groups in total. The number of likely N-dealkylation sites (tertiary alicyclic amines) is 1. The van der Waals surface area contributed by atoms with Gasteiger partial charge in [0.1, 0.15) is 18.5 Å². The summed E-state index contributed by atoms with van der Waals surface area (Å²) in [5, 5.41) is 11.1. The molecule has 0 aliphatic carbocycles. The van der Waals surface area contributed by atoms with Gasteiger partial charge in [-0.25, -0.2) is 8.42 Å². The SMILES string of the molecule is CN(c1ccc(OC[C@@H](O)CN2CC[C@H](c3cccc(Cl)c3)C2)cc1)S(C)(=O)=O. The number of sulfonamides is 1. The summed E-state index contributed by atoms with van der Waals surface area (Å²) in [6.45, 7) is 2.55. The summed E-state index contributed by atoms with van der Waals surface area (Å²) in [4.78, 5) is 2.24. The van der Waals surface area contributed by atoms with E-state index in [2.05, 4.69) is 11.0 Å². The monoisotopic (exact) mass is 438 g/mol. The Morgan fingerprint density at radius 1 is 1.28 bits per heavy atom. The minimum absolute atomic E-state index is 0.180. The molecule has 29 heavy (non-hydrogen) atoms. The summed E-state index contributed by atoms with van der Waals surface area (Å²) in [5.41, 5.74) is 1.80. The fraction of sp³-hybridized carbons (Fsp3) is 0.429. The highest BCUT2D eigenvalue weighted by atomic mass is 35.5. The van der Waals surface area contributed by atoms with Crippen molar-refractivity contribution in [2.75, 3.05) is 43.8 Å². The number of hydrogen-bond donors (Lipinski definition) is 1. The van der Waals surface area contributed by atoms with E-state index in [9.17, 15) is 13.5 Å². The van der Waals surface area contributed by atoms with Crippen LogP contribution in [-0.2, 0) is 10.0 Å². The maximum Gasteiger partial charge on any atom is 0.231 e. The highest BCUT2D eigenvalue weighted by Gasteiger charge is 2.25. The van der Waals surface area contributed by atoms with Crippen LogP contribution < -0.4 is 9.04 Å². The average molecular weight is 439 g/mol. The van der Waals surface area contributed by atoms with E-state index < -0.39 is 16.1 Å². The van der Waals surface area contributed by atoms with E-state index in [0.717, 1.165) is 30.8 Å². The first-order valence-electron chi connectivity index (χ1n) is 9.55. The molecule has 0 saturated carbocycles. The number of hydrogen-bond acceptors (Lipinski definition) is 5. The molecule has 0 amide bonds. The first-order valence-corrected chi connectivity index (χ1v) is 11.8. The van der Waals surface area contributed by atoms with Crippen molar-refractivity contribution in [1.29, 1.82) is 0 Å². The van der Waals surface area contributed by atoms with E-state index in [1.807, 2.05) is 18.2 Å². The Hall–Kier alpha value is -1.80. The number of anilines is 1. The third-order valence-corrected chi connectivity index (χ3v) is 6.64. The highest BCUT2D eigenvalue weighted by Crippen LogP contribution is 2.28. The van der Waals surface area contributed by atoms with Gasteiger partial charge in [-0.2, -0.15) is 0 Å². The quantitative estimate of drug-likeness (QED) is 0.686. The maximum absolute atomic E-state index is 11.6. The molecular formula is C21H27ClN2O4S. The Balaban J connectivity index is 1.46. The molecule has 1 saturated heterocycles. The molecule has 2 atom stereocenters. The van der Waals surface area contributed by atoms with Gasteiger partial charge in [-0.05, 0) is 60.8 Å². The zero-order valence-electron chi connectivity index (χ0n) is 16.7. The topological polar surface area (TPSA) is 70.1 Å². The van der Waals surface area contributed by atoms with Gasteiger partial charge in [-0.1, -0.05) is 23.7 Å². The molecular weight excluding hydrogens is 412 g/mol. The van der Waals surface area contributed by atoms with Crippen LogP contribution in [0.15, 0.2) is 48.5 Å². The van der Waals surface area contributed by atoms with E-state index in [1.165, 1.54) is 16.9 Å². The van der Waals surface area contributed by atoms with Crippen LogP contribution >= 0.6 is 11.6 Å². The van der Waals surface area contributed by atoms with Crippen molar-refractivity contribution in [3.8, 4) is 5.75 Å². The normalized spacial score (nSPS) is 18.6. The molecule has 6 nitrogen and oxygen atoms in total. The predicted molar refractivity (Wildman–Crippen MR) is 116 cm³/mol. The second-order valence-corrected chi connectivity index (χ2v) is 9.94. The third kappa shape index (κ3) is 6.09. The van der Waals surface area contributed by atoms with Crippen molar-refractivity contribution >= 4 is 27.3 Å². The first kappa shape index (κ1) is 21.9. The Morgan fingerprint density at radius 2 is 2.00 bits per heavy atom. The molecule has 0 radical (unpaired) electrons. The Labute approximate surface area is 177 Å². The zero-order valence-corrected chi connectivity index (χ0v) is 18.2. The molecule has 0 aromatic heterocycles. The summed E-state index contributed by atoms with van der Waals surface area (Å²) >= 11 is 6.09. The lowest BCUT2D eigenvalue weighted by atomic mass is 9.99. The van der Waals surface area contributed by atoms with Crippen LogP contribution in [-0.4, -0.2) is 64.1 Å². The van der Waals surface area contributed by atoms with Gasteiger partial charge in [0.15, 0.2) is 0 Å². The molecule has 8 heteroatoms. The number of halogens is 1. The standard InChI is InChI=1S/C21H27ClN2O4S/c1-23(29(2,26)27)19-6-8-21(9-7-19)28-15-20(25)14-24-11-10-17(13-24)16-4-3-5-18(22)12-16/h3-9,12,17,20,25H,10-11,13-15H2,1-2H3/t17-,20-/m0/s1. The fourth-order valence-corrected chi connectivity index (χ4v) is 4.22. The van der Waals surface area contributed by atoms with Crippen molar-refractivity contribution in [2.45, 2.75) is 18.4 Å². The van der Waals surface area contributed by atoms with Crippen molar-refractivity contribution in [3.63, 3.8) is 0 Å². The molecule has 3 rings (SSSR count). The number of β-amino-alcohol motifs (C(OH)–C–C–N with tert-alkyl or cyclic N) is 1. The minimum atomic E-state index is -3.30. The summed E-state index contributed by atoms with van der Waals surface area (Å²) < 4.78 is 30.0. The lowest BCUT2D eigenvalue weighted by Crippen LogP contribution is -2.34. The Bertz CT molecular complexity index is 921. The Morgan fingerprint density at radius 3 is 2.66 bits per heavy atom. The van der Waals surface area contributed by atoms with Crippen LogP contribution in [0.1, 0.15) is 17.9 Å².